The third-order valence-electron chi connectivity index (χ3n) is 7.11. The van der Waals surface area contributed by atoms with Gasteiger partial charge in [-0.1, -0.05) is 11.6 Å². The van der Waals surface area contributed by atoms with Crippen LogP contribution >= 0.6 is 11.6 Å². The van der Waals surface area contributed by atoms with Crippen LogP contribution < -0.4 is 10.6 Å². The molecule has 0 spiro atoms. The number of carbonyl (C=O) groups excluding carboxylic acids is 1. The molecule has 0 aromatic heterocycles. The molecule has 196 valence electrons. The van der Waals surface area contributed by atoms with E-state index in [4.69, 9.17) is 11.6 Å². The van der Waals surface area contributed by atoms with Crippen molar-refractivity contribution >= 4 is 33.0 Å². The molecular weight excluding hydrogens is 521 g/mol. The number of hydrogen-bond donors (Lipinski definition) is 4. The smallest absolute Gasteiger partial charge is 0.255 e. The Bertz CT molecular complexity index is 1260. The second-order valence-electron chi connectivity index (χ2n) is 9.59. The second-order valence-corrected chi connectivity index (χ2v) is 12.2. The fraction of sp³-hybridized carbons (Fsp3) is 0.458. The monoisotopic (exact) mass is 546 g/mol. The Hall–Kier alpha value is -2.18. The molecule has 3 atom stereocenters. The van der Waals surface area contributed by atoms with Gasteiger partial charge in [-0.05, 0) is 56.2 Å². The molecule has 3 aliphatic carbocycles. The van der Waals surface area contributed by atoms with Crippen molar-refractivity contribution in [3.05, 3.63) is 58.4 Å². The molecule has 5 rings (SSSR count). The Morgan fingerprint density at radius 1 is 1.14 bits per heavy atom. The third-order valence-corrected chi connectivity index (χ3v) is 9.76. The highest BCUT2D eigenvalue weighted by atomic mass is 35.5. The Morgan fingerprint density at radius 3 is 2.33 bits per heavy atom. The molecule has 3 saturated carbocycles. The number of aliphatic hydroxyl groups is 2. The van der Waals surface area contributed by atoms with Crippen LogP contribution in [-0.4, -0.2) is 54.6 Å². The normalized spacial score (nSPS) is 26.2. The summed E-state index contributed by atoms with van der Waals surface area (Å²) in [5.74, 6) is -6.00. The summed E-state index contributed by atoms with van der Waals surface area (Å²) in [5, 5.41) is 24.8. The predicted octanol–water partition coefficient (Wildman–Crippen LogP) is 3.28. The van der Waals surface area contributed by atoms with Gasteiger partial charge in [0.15, 0.2) is 27.3 Å². The number of nitrogens with one attached hydrogen (secondary N) is 2. The van der Waals surface area contributed by atoms with Crippen LogP contribution in [0.15, 0.2) is 35.2 Å². The number of sulfone groups is 1. The Balaban J connectivity index is 1.50. The molecule has 0 aliphatic heterocycles. The number of halogens is 4. The second kappa shape index (κ2) is 9.94. The average Bonchev–Trinajstić information content (AvgIpc) is 2.82. The summed E-state index contributed by atoms with van der Waals surface area (Å²) in [6.45, 7) is 2.18. The zero-order valence-corrected chi connectivity index (χ0v) is 20.8. The summed E-state index contributed by atoms with van der Waals surface area (Å²) in [4.78, 5) is 12.4. The SMILES string of the molecule is CC(O)CNCC1(O)C2CC1CC(S(=O)(=O)c1cc(C(=O)Nc3cc(F)c(F)c(F)c3)ccc1Cl)C2. The molecule has 12 heteroatoms. The molecule has 3 unspecified atom stereocenters. The summed E-state index contributed by atoms with van der Waals surface area (Å²) in [7, 11) is -3.98. The molecule has 0 radical (unpaired) electrons. The predicted molar refractivity (Wildman–Crippen MR) is 127 cm³/mol. The van der Waals surface area contributed by atoms with Gasteiger partial charge in [0.05, 0.1) is 26.9 Å². The van der Waals surface area contributed by atoms with E-state index in [1.807, 2.05) is 0 Å². The van der Waals surface area contributed by atoms with Crippen molar-refractivity contribution in [1.29, 1.82) is 0 Å². The summed E-state index contributed by atoms with van der Waals surface area (Å²) < 4.78 is 67.0. The molecule has 2 bridgehead atoms. The number of amides is 1. The lowest BCUT2D eigenvalue weighted by atomic mass is 9.53. The topological polar surface area (TPSA) is 116 Å². The molecule has 7 nitrogen and oxygen atoms in total. The molecule has 3 aliphatic rings. The van der Waals surface area contributed by atoms with Crippen LogP contribution in [0.25, 0.3) is 0 Å². The van der Waals surface area contributed by atoms with Crippen LogP contribution in [0.2, 0.25) is 5.02 Å². The molecule has 36 heavy (non-hydrogen) atoms. The standard InChI is InChI=1S/C24H26ClF3N2O5S/c1-12(31)10-29-11-24(33)14-5-15(24)7-17(6-14)36(34,35)21-4-13(2-3-18(21)25)23(32)30-16-8-19(26)22(28)20(27)9-16/h2-4,8-9,12,14-15,17,29,31,33H,5-7,10-11H2,1H3,(H,30,32). The van der Waals surface area contributed by atoms with E-state index in [-0.39, 0.29) is 52.4 Å². The first-order chi connectivity index (χ1) is 16.8. The van der Waals surface area contributed by atoms with Gasteiger partial charge in [-0.3, -0.25) is 4.79 Å². The molecule has 4 N–H and O–H groups in total. The number of aliphatic hydroxyl groups excluding tert-OH is 1. The minimum absolute atomic E-state index is 0.0847. The number of benzene rings is 2. The molecule has 0 saturated heterocycles. The summed E-state index contributed by atoms with van der Waals surface area (Å²) >= 11 is 6.19. The van der Waals surface area contributed by atoms with Gasteiger partial charge in [0.2, 0.25) is 0 Å². The molecule has 1 amide bonds. The van der Waals surface area contributed by atoms with Gasteiger partial charge in [-0.2, -0.15) is 0 Å². The van der Waals surface area contributed by atoms with Gasteiger partial charge in [0.1, 0.15) is 0 Å². The highest BCUT2D eigenvalue weighted by Crippen LogP contribution is 2.55. The fourth-order valence-electron chi connectivity index (χ4n) is 5.15. The maximum Gasteiger partial charge on any atom is 0.255 e. The largest absolute Gasteiger partial charge is 0.392 e. The molecule has 0 heterocycles. The summed E-state index contributed by atoms with van der Waals surface area (Å²) in [5.41, 5.74) is -1.51. The number of anilines is 1. The van der Waals surface area contributed by atoms with Gasteiger partial charge in [0, 0.05) is 36.5 Å². The lowest BCUT2D eigenvalue weighted by molar-refractivity contribution is -0.172. The number of carbonyl (C=O) groups is 1. The Morgan fingerprint density at radius 2 is 1.75 bits per heavy atom. The first kappa shape index (κ1) is 26.9. The van der Waals surface area contributed by atoms with E-state index in [1.54, 1.807) is 6.92 Å². The van der Waals surface area contributed by atoms with Crippen molar-refractivity contribution in [3.8, 4) is 0 Å². The zero-order chi connectivity index (χ0) is 26.4. The van der Waals surface area contributed by atoms with E-state index in [1.165, 1.54) is 12.1 Å². The zero-order valence-electron chi connectivity index (χ0n) is 19.3. The van der Waals surface area contributed by atoms with Crippen LogP contribution in [0, 0.1) is 29.3 Å². The van der Waals surface area contributed by atoms with Gasteiger partial charge in [0.25, 0.3) is 5.91 Å². The number of fused-ring (bicyclic) bond motifs is 2. The van der Waals surface area contributed by atoms with Gasteiger partial charge in [-0.15, -0.1) is 0 Å². The minimum Gasteiger partial charge on any atom is -0.392 e. The Kier molecular flexibility index (Phi) is 7.42. The lowest BCUT2D eigenvalue weighted by Gasteiger charge is -2.58. The van der Waals surface area contributed by atoms with Crippen LogP contribution in [-0.2, 0) is 9.84 Å². The van der Waals surface area contributed by atoms with Crippen molar-refractivity contribution < 1.29 is 36.6 Å². The van der Waals surface area contributed by atoms with E-state index in [9.17, 15) is 36.6 Å². The maximum atomic E-state index is 13.5. The third kappa shape index (κ3) is 4.99. The molecule has 2 aromatic carbocycles. The van der Waals surface area contributed by atoms with Crippen LogP contribution in [0.3, 0.4) is 0 Å². The maximum absolute atomic E-state index is 13.5. The van der Waals surface area contributed by atoms with Crippen molar-refractivity contribution in [2.45, 2.75) is 48.0 Å². The molecule has 2 aromatic rings. The highest BCUT2D eigenvalue weighted by Gasteiger charge is 2.59. The summed E-state index contributed by atoms with van der Waals surface area (Å²) in [6, 6.07) is 4.82. The first-order valence-electron chi connectivity index (χ1n) is 11.4. The van der Waals surface area contributed by atoms with Gasteiger partial charge >= 0.3 is 0 Å². The van der Waals surface area contributed by atoms with Crippen molar-refractivity contribution in [3.63, 3.8) is 0 Å². The van der Waals surface area contributed by atoms with E-state index >= 15 is 0 Å². The van der Waals surface area contributed by atoms with E-state index in [2.05, 4.69) is 10.6 Å². The molecule has 3 fully saturated rings. The minimum atomic E-state index is -3.98. The first-order valence-corrected chi connectivity index (χ1v) is 13.4. The Labute approximate surface area is 211 Å². The number of rotatable bonds is 8. The molecular formula is C24H26ClF3N2O5S. The fourth-order valence-corrected chi connectivity index (χ4v) is 7.55. The summed E-state index contributed by atoms with van der Waals surface area (Å²) in [6.07, 6.45) is 0.549. The van der Waals surface area contributed by atoms with Crippen molar-refractivity contribution in [1.82, 2.24) is 5.32 Å². The van der Waals surface area contributed by atoms with Gasteiger partial charge < -0.3 is 20.8 Å². The van der Waals surface area contributed by atoms with Crippen LogP contribution in [0.1, 0.15) is 36.5 Å². The van der Waals surface area contributed by atoms with E-state index in [0.29, 0.717) is 25.1 Å². The van der Waals surface area contributed by atoms with Crippen LogP contribution in [0.5, 0.6) is 0 Å². The van der Waals surface area contributed by atoms with Crippen LogP contribution in [0.4, 0.5) is 18.9 Å². The average molecular weight is 547 g/mol. The highest BCUT2D eigenvalue weighted by molar-refractivity contribution is 7.92. The van der Waals surface area contributed by atoms with Gasteiger partial charge in [-0.25, -0.2) is 21.6 Å². The lowest BCUT2D eigenvalue weighted by Crippen LogP contribution is -2.66. The number of hydrogen-bond acceptors (Lipinski definition) is 6. The van der Waals surface area contributed by atoms with Crippen molar-refractivity contribution in [2.75, 3.05) is 18.4 Å². The van der Waals surface area contributed by atoms with E-state index in [0.717, 1.165) is 6.07 Å². The van der Waals surface area contributed by atoms with Crippen molar-refractivity contribution in [2.24, 2.45) is 11.8 Å². The van der Waals surface area contributed by atoms with E-state index < -0.39 is 50.2 Å². The quantitative estimate of drug-likeness (QED) is 0.378.